The molecule has 0 atom stereocenters. The van der Waals surface area contributed by atoms with Crippen LogP contribution in [0.2, 0.25) is 5.15 Å². The molecule has 108 valence electrons. The summed E-state index contributed by atoms with van der Waals surface area (Å²) in [5.74, 6) is 0. The van der Waals surface area contributed by atoms with Crippen LogP contribution >= 0.6 is 35.1 Å². The predicted molar refractivity (Wildman–Crippen MR) is 82.8 cm³/mol. The third kappa shape index (κ3) is 2.84. The van der Waals surface area contributed by atoms with Crippen LogP contribution in [0.25, 0.3) is 5.57 Å². The van der Waals surface area contributed by atoms with E-state index >= 15 is 0 Å². The number of thioether (sulfide) groups is 2. The first-order valence-electron chi connectivity index (χ1n) is 5.88. The Kier molecular flexibility index (Phi) is 4.14. The zero-order valence-electron chi connectivity index (χ0n) is 11.0. The Bertz CT molecular complexity index is 919. The second kappa shape index (κ2) is 6.23. The lowest BCUT2D eigenvalue weighted by atomic mass is 10.2. The Morgan fingerprint density at radius 3 is 2.00 bits per heavy atom. The first-order valence-corrected chi connectivity index (χ1v) is 7.89. The van der Waals surface area contributed by atoms with Crippen LogP contribution in [0.5, 0.6) is 0 Å². The van der Waals surface area contributed by atoms with Crippen molar-refractivity contribution >= 4 is 40.7 Å². The standard InChI is InChI=1S/C13H2ClN7S2/c14-10-2-1-7(20-21-10)6(3-15)13-22-11-12(23-13)19-9(5-17)8(4-16)18-11/h1-2H. The topological polar surface area (TPSA) is 123 Å². The van der Waals surface area contributed by atoms with Gasteiger partial charge in [0.1, 0.15) is 39.5 Å². The van der Waals surface area contributed by atoms with Gasteiger partial charge in [-0.25, -0.2) is 9.97 Å². The van der Waals surface area contributed by atoms with Crippen LogP contribution in [-0.4, -0.2) is 20.2 Å². The van der Waals surface area contributed by atoms with Gasteiger partial charge in [0, 0.05) is 0 Å². The van der Waals surface area contributed by atoms with Crippen LogP contribution in [0.1, 0.15) is 17.1 Å². The molecule has 0 amide bonds. The van der Waals surface area contributed by atoms with Crippen LogP contribution in [0.4, 0.5) is 0 Å². The first-order chi connectivity index (χ1) is 11.2. The van der Waals surface area contributed by atoms with Gasteiger partial charge in [-0.1, -0.05) is 35.1 Å². The number of halogens is 1. The maximum atomic E-state index is 9.41. The van der Waals surface area contributed by atoms with Crippen molar-refractivity contribution in [3.8, 4) is 18.2 Å². The monoisotopic (exact) mass is 355 g/mol. The molecular weight excluding hydrogens is 354 g/mol. The predicted octanol–water partition coefficient (Wildman–Crippen LogP) is 2.75. The SMILES string of the molecule is N#CC(=C1Sc2nc(C#N)c(C#N)nc2S1)c1ccc(Cl)nn1. The van der Waals surface area contributed by atoms with Crippen LogP contribution in [0.3, 0.4) is 0 Å². The molecule has 23 heavy (non-hydrogen) atoms. The first kappa shape index (κ1) is 15.3. The van der Waals surface area contributed by atoms with Crippen molar-refractivity contribution in [3.05, 3.63) is 38.6 Å². The van der Waals surface area contributed by atoms with Gasteiger partial charge < -0.3 is 0 Å². The molecule has 2 aromatic rings. The van der Waals surface area contributed by atoms with Crippen molar-refractivity contribution in [2.24, 2.45) is 0 Å². The zero-order valence-corrected chi connectivity index (χ0v) is 13.4. The summed E-state index contributed by atoms with van der Waals surface area (Å²) in [4.78, 5) is 8.23. The van der Waals surface area contributed by atoms with Gasteiger partial charge in [0.25, 0.3) is 0 Å². The minimum absolute atomic E-state index is 0.0367. The average molecular weight is 356 g/mol. The number of hydrogen-bond acceptors (Lipinski definition) is 9. The number of rotatable bonds is 1. The molecule has 2 aromatic heterocycles. The molecule has 0 bridgehead atoms. The molecule has 3 heterocycles. The Balaban J connectivity index is 2.06. The van der Waals surface area contributed by atoms with Crippen molar-refractivity contribution < 1.29 is 0 Å². The van der Waals surface area contributed by atoms with E-state index in [0.717, 1.165) is 0 Å². The molecule has 0 saturated heterocycles. The van der Waals surface area contributed by atoms with Gasteiger partial charge >= 0.3 is 0 Å². The highest BCUT2D eigenvalue weighted by molar-refractivity contribution is 8.24. The highest BCUT2D eigenvalue weighted by Crippen LogP contribution is 2.51. The van der Waals surface area contributed by atoms with Crippen molar-refractivity contribution in [3.63, 3.8) is 0 Å². The summed E-state index contributed by atoms with van der Waals surface area (Å²) in [6.45, 7) is 0. The van der Waals surface area contributed by atoms with Crippen LogP contribution in [0.15, 0.2) is 26.4 Å². The highest BCUT2D eigenvalue weighted by atomic mass is 35.5. The second-order valence-electron chi connectivity index (χ2n) is 3.97. The summed E-state index contributed by atoms with van der Waals surface area (Å²) >= 11 is 8.10. The van der Waals surface area contributed by atoms with E-state index in [4.69, 9.17) is 22.1 Å². The third-order valence-electron chi connectivity index (χ3n) is 2.63. The number of nitriles is 3. The van der Waals surface area contributed by atoms with Gasteiger partial charge in [0.05, 0.1) is 4.24 Å². The van der Waals surface area contributed by atoms with Crippen molar-refractivity contribution in [1.82, 2.24) is 20.2 Å². The fraction of sp³-hybridized carbons (Fsp3) is 0. The molecule has 0 N–H and O–H groups in total. The number of allylic oxidation sites excluding steroid dienone is 1. The molecule has 0 unspecified atom stereocenters. The summed E-state index contributed by atoms with van der Waals surface area (Å²) in [6, 6.07) is 8.88. The molecule has 0 aromatic carbocycles. The lowest BCUT2D eigenvalue weighted by Crippen LogP contribution is -1.96. The lowest BCUT2D eigenvalue weighted by molar-refractivity contribution is 0.902. The van der Waals surface area contributed by atoms with Gasteiger partial charge in [-0.05, 0) is 12.1 Å². The maximum absolute atomic E-state index is 9.41. The lowest BCUT2D eigenvalue weighted by Gasteiger charge is -2.00. The molecule has 0 spiro atoms. The number of fused-ring (bicyclic) bond motifs is 1. The minimum atomic E-state index is -0.0367. The summed E-state index contributed by atoms with van der Waals surface area (Å²) < 4.78 is 0.609. The van der Waals surface area contributed by atoms with Crippen molar-refractivity contribution in [2.75, 3.05) is 0 Å². The van der Waals surface area contributed by atoms with Crippen LogP contribution < -0.4 is 0 Å². The average Bonchev–Trinajstić information content (AvgIpc) is 2.98. The number of nitrogens with zero attached hydrogens (tertiary/aromatic N) is 7. The van der Waals surface area contributed by atoms with Gasteiger partial charge in [-0.2, -0.15) is 15.8 Å². The van der Waals surface area contributed by atoms with Gasteiger partial charge in [-0.3, -0.25) is 0 Å². The fourth-order valence-electron chi connectivity index (χ4n) is 1.65. The van der Waals surface area contributed by atoms with E-state index in [1.54, 1.807) is 6.07 Å². The zero-order chi connectivity index (χ0) is 16.4. The Labute approximate surface area is 143 Å². The van der Waals surface area contributed by atoms with Crippen molar-refractivity contribution in [2.45, 2.75) is 10.1 Å². The fourth-order valence-corrected chi connectivity index (χ4v) is 4.04. The van der Waals surface area contributed by atoms with Crippen molar-refractivity contribution in [1.29, 1.82) is 15.8 Å². The Hall–Kier alpha value is -2.64. The van der Waals surface area contributed by atoms with E-state index in [1.807, 2.05) is 12.1 Å². The summed E-state index contributed by atoms with van der Waals surface area (Å²) in [5, 5.41) is 36.2. The molecule has 0 saturated carbocycles. The maximum Gasteiger partial charge on any atom is 0.178 e. The van der Waals surface area contributed by atoms with E-state index in [2.05, 4.69) is 26.2 Å². The molecule has 7 nitrogen and oxygen atoms in total. The minimum Gasteiger partial charge on any atom is -0.224 e. The van der Waals surface area contributed by atoms with E-state index in [-0.39, 0.29) is 16.5 Å². The van der Waals surface area contributed by atoms with Crippen LogP contribution in [0, 0.1) is 34.0 Å². The largest absolute Gasteiger partial charge is 0.224 e. The van der Waals surface area contributed by atoms with E-state index in [1.165, 1.54) is 29.6 Å². The highest BCUT2D eigenvalue weighted by Gasteiger charge is 2.27. The van der Waals surface area contributed by atoms with E-state index < -0.39 is 0 Å². The number of hydrogen-bond donors (Lipinski definition) is 0. The smallest absolute Gasteiger partial charge is 0.178 e. The van der Waals surface area contributed by atoms with Gasteiger partial charge in [-0.15, -0.1) is 10.2 Å². The summed E-state index contributed by atoms with van der Waals surface area (Å²) in [7, 11) is 0. The molecule has 0 radical (unpaired) electrons. The van der Waals surface area contributed by atoms with E-state index in [9.17, 15) is 5.26 Å². The molecule has 1 aliphatic rings. The Morgan fingerprint density at radius 1 is 0.957 bits per heavy atom. The van der Waals surface area contributed by atoms with Gasteiger partial charge in [0.15, 0.2) is 16.5 Å². The third-order valence-corrected chi connectivity index (χ3v) is 5.19. The molecule has 3 rings (SSSR count). The molecule has 0 fully saturated rings. The molecule has 1 aliphatic heterocycles. The summed E-state index contributed by atoms with van der Waals surface area (Å²) in [6.07, 6.45) is 0. The van der Waals surface area contributed by atoms with Crippen LogP contribution in [-0.2, 0) is 0 Å². The van der Waals surface area contributed by atoms with E-state index in [0.29, 0.717) is 25.6 Å². The normalized spacial score (nSPS) is 12.0. The number of aromatic nitrogens is 4. The summed E-state index contributed by atoms with van der Waals surface area (Å²) in [5.41, 5.74) is 0.609. The molecule has 0 aliphatic carbocycles. The Morgan fingerprint density at radius 2 is 1.57 bits per heavy atom. The molecular formula is C13H2ClN7S2. The second-order valence-corrected chi connectivity index (χ2v) is 6.62. The molecule has 10 heteroatoms. The van der Waals surface area contributed by atoms with Gasteiger partial charge in [0.2, 0.25) is 0 Å². The quantitative estimate of drug-likeness (QED) is 0.710.